The van der Waals surface area contributed by atoms with E-state index in [2.05, 4.69) is 31.6 Å². The standard InChI is InChI=1S/C21H21BrN4O3/c1-13-6-4-9-17(10-13)26-14(2)20(24-25-26)21(28)23-18(12-19(27)29-3)15-7-5-8-16(22)11-15/h4-11,18H,12H2,1-3H3,(H,23,28). The van der Waals surface area contributed by atoms with Crippen molar-refractivity contribution in [2.45, 2.75) is 26.3 Å². The Morgan fingerprint density at radius 2 is 1.93 bits per heavy atom. The van der Waals surface area contributed by atoms with Gasteiger partial charge in [0.15, 0.2) is 5.69 Å². The van der Waals surface area contributed by atoms with E-state index in [4.69, 9.17) is 4.74 Å². The Kier molecular flexibility index (Phi) is 6.43. The highest BCUT2D eigenvalue weighted by atomic mass is 79.9. The second-order valence-electron chi connectivity index (χ2n) is 6.64. The van der Waals surface area contributed by atoms with Crippen LogP contribution in [0.3, 0.4) is 0 Å². The SMILES string of the molecule is COC(=O)CC(NC(=O)c1nnn(-c2cccc(C)c2)c1C)c1cccc(Br)c1. The van der Waals surface area contributed by atoms with Crippen LogP contribution in [-0.4, -0.2) is 34.0 Å². The molecule has 0 bridgehead atoms. The Morgan fingerprint density at radius 3 is 2.62 bits per heavy atom. The van der Waals surface area contributed by atoms with Crippen LogP contribution in [0.5, 0.6) is 0 Å². The molecule has 0 fully saturated rings. The molecule has 1 aromatic heterocycles. The molecule has 150 valence electrons. The molecule has 2 aromatic carbocycles. The molecule has 1 amide bonds. The van der Waals surface area contributed by atoms with Gasteiger partial charge in [-0.15, -0.1) is 5.10 Å². The van der Waals surface area contributed by atoms with Gasteiger partial charge in [0.25, 0.3) is 5.91 Å². The fourth-order valence-electron chi connectivity index (χ4n) is 3.00. The lowest BCUT2D eigenvalue weighted by Crippen LogP contribution is -2.31. The molecule has 0 saturated carbocycles. The predicted molar refractivity (Wildman–Crippen MR) is 112 cm³/mol. The van der Waals surface area contributed by atoms with Gasteiger partial charge in [-0.05, 0) is 49.2 Å². The number of halogens is 1. The Labute approximate surface area is 177 Å². The first-order chi connectivity index (χ1) is 13.9. The van der Waals surface area contributed by atoms with E-state index < -0.39 is 17.9 Å². The van der Waals surface area contributed by atoms with Gasteiger partial charge in [-0.3, -0.25) is 9.59 Å². The van der Waals surface area contributed by atoms with Crippen molar-refractivity contribution in [3.8, 4) is 5.69 Å². The van der Waals surface area contributed by atoms with E-state index in [0.717, 1.165) is 21.3 Å². The van der Waals surface area contributed by atoms with E-state index in [1.54, 1.807) is 11.6 Å². The number of hydrogen-bond acceptors (Lipinski definition) is 5. The Bertz CT molecular complexity index is 1050. The van der Waals surface area contributed by atoms with Crippen molar-refractivity contribution >= 4 is 27.8 Å². The predicted octanol–water partition coefficient (Wildman–Crippen LogP) is 3.68. The maximum absolute atomic E-state index is 12.9. The van der Waals surface area contributed by atoms with Gasteiger partial charge in [0.2, 0.25) is 0 Å². The zero-order valence-corrected chi connectivity index (χ0v) is 17.9. The highest BCUT2D eigenvalue weighted by Crippen LogP contribution is 2.22. The number of methoxy groups -OCH3 is 1. The number of esters is 1. The zero-order valence-electron chi connectivity index (χ0n) is 16.3. The van der Waals surface area contributed by atoms with Crippen LogP contribution in [0.1, 0.15) is 39.8 Å². The largest absolute Gasteiger partial charge is 0.469 e. The average Bonchev–Trinajstić information content (AvgIpc) is 3.08. The van der Waals surface area contributed by atoms with Crippen LogP contribution < -0.4 is 5.32 Å². The number of carbonyl (C=O) groups excluding carboxylic acids is 2. The molecular formula is C21H21BrN4O3. The maximum atomic E-state index is 12.9. The van der Waals surface area contributed by atoms with Crippen molar-refractivity contribution in [2.24, 2.45) is 0 Å². The third-order valence-corrected chi connectivity index (χ3v) is 5.00. The number of ether oxygens (including phenoxy) is 1. The summed E-state index contributed by atoms with van der Waals surface area (Å²) in [5, 5.41) is 11.1. The van der Waals surface area contributed by atoms with E-state index in [9.17, 15) is 9.59 Å². The molecule has 0 saturated heterocycles. The average molecular weight is 457 g/mol. The minimum absolute atomic E-state index is 0.00373. The molecule has 3 aromatic rings. The number of benzene rings is 2. The zero-order chi connectivity index (χ0) is 21.0. The van der Waals surface area contributed by atoms with Crippen molar-refractivity contribution in [3.05, 3.63) is 75.5 Å². The third kappa shape index (κ3) is 4.89. The van der Waals surface area contributed by atoms with Crippen molar-refractivity contribution in [1.82, 2.24) is 20.3 Å². The molecule has 0 aliphatic rings. The Hall–Kier alpha value is -3.00. The highest BCUT2D eigenvalue weighted by Gasteiger charge is 2.24. The molecule has 0 aliphatic carbocycles. The summed E-state index contributed by atoms with van der Waals surface area (Å²) in [6.07, 6.45) is 0.00373. The normalized spacial score (nSPS) is 11.7. The number of hydrogen-bond donors (Lipinski definition) is 1. The smallest absolute Gasteiger partial charge is 0.307 e. The van der Waals surface area contributed by atoms with Crippen LogP contribution in [-0.2, 0) is 9.53 Å². The van der Waals surface area contributed by atoms with E-state index >= 15 is 0 Å². The van der Waals surface area contributed by atoms with Crippen molar-refractivity contribution < 1.29 is 14.3 Å². The fourth-order valence-corrected chi connectivity index (χ4v) is 3.41. The van der Waals surface area contributed by atoms with Crippen LogP contribution in [0, 0.1) is 13.8 Å². The summed E-state index contributed by atoms with van der Waals surface area (Å²) in [6, 6.07) is 14.6. The fraction of sp³-hybridized carbons (Fsp3) is 0.238. The van der Waals surface area contributed by atoms with Crippen molar-refractivity contribution in [3.63, 3.8) is 0 Å². The Balaban J connectivity index is 1.87. The van der Waals surface area contributed by atoms with Crippen LogP contribution in [0.4, 0.5) is 0 Å². The molecule has 29 heavy (non-hydrogen) atoms. The molecule has 1 heterocycles. The van der Waals surface area contributed by atoms with Gasteiger partial charge in [0.05, 0.1) is 31.0 Å². The van der Waals surface area contributed by atoms with Gasteiger partial charge in [0.1, 0.15) is 0 Å². The van der Waals surface area contributed by atoms with Gasteiger partial charge in [-0.25, -0.2) is 4.68 Å². The number of aryl methyl sites for hydroxylation is 1. The van der Waals surface area contributed by atoms with Gasteiger partial charge in [-0.1, -0.05) is 45.4 Å². The molecule has 1 atom stereocenters. The number of amides is 1. The Morgan fingerprint density at radius 1 is 1.17 bits per heavy atom. The van der Waals surface area contributed by atoms with Crippen LogP contribution in [0.25, 0.3) is 5.69 Å². The molecule has 0 aliphatic heterocycles. The minimum atomic E-state index is -0.559. The summed E-state index contributed by atoms with van der Waals surface area (Å²) < 4.78 is 7.25. The number of rotatable bonds is 6. The van der Waals surface area contributed by atoms with Gasteiger partial charge in [0, 0.05) is 4.47 Å². The maximum Gasteiger partial charge on any atom is 0.307 e. The second-order valence-corrected chi connectivity index (χ2v) is 7.55. The molecule has 3 rings (SSSR count). The van der Waals surface area contributed by atoms with Gasteiger partial charge in [-0.2, -0.15) is 0 Å². The molecule has 0 radical (unpaired) electrons. The summed E-state index contributed by atoms with van der Waals surface area (Å²) >= 11 is 3.42. The molecule has 1 N–H and O–H groups in total. The van der Waals surface area contributed by atoms with Crippen LogP contribution in [0.15, 0.2) is 53.0 Å². The second kappa shape index (κ2) is 9.00. The number of nitrogens with zero attached hydrogens (tertiary/aromatic N) is 3. The third-order valence-electron chi connectivity index (χ3n) is 4.51. The monoisotopic (exact) mass is 456 g/mol. The number of aromatic nitrogens is 3. The van der Waals surface area contributed by atoms with Crippen molar-refractivity contribution in [1.29, 1.82) is 0 Å². The first-order valence-corrected chi connectivity index (χ1v) is 9.81. The topological polar surface area (TPSA) is 86.1 Å². The lowest BCUT2D eigenvalue weighted by molar-refractivity contribution is -0.141. The van der Waals surface area contributed by atoms with Gasteiger partial charge >= 0.3 is 5.97 Å². The summed E-state index contributed by atoms with van der Waals surface area (Å²) in [5.41, 5.74) is 3.50. The van der Waals surface area contributed by atoms with E-state index in [1.807, 2.05) is 55.5 Å². The quantitative estimate of drug-likeness (QED) is 0.571. The van der Waals surface area contributed by atoms with E-state index in [0.29, 0.717) is 5.69 Å². The van der Waals surface area contributed by atoms with Crippen molar-refractivity contribution in [2.75, 3.05) is 7.11 Å². The van der Waals surface area contributed by atoms with E-state index in [1.165, 1.54) is 7.11 Å². The summed E-state index contributed by atoms with van der Waals surface area (Å²) in [5.74, 6) is -0.828. The van der Waals surface area contributed by atoms with Crippen LogP contribution >= 0.6 is 15.9 Å². The highest BCUT2D eigenvalue weighted by molar-refractivity contribution is 9.10. The van der Waals surface area contributed by atoms with Gasteiger partial charge < -0.3 is 10.1 Å². The molecular weight excluding hydrogens is 436 g/mol. The molecule has 7 nitrogen and oxygen atoms in total. The number of nitrogens with one attached hydrogen (secondary N) is 1. The molecule has 0 spiro atoms. The summed E-state index contributed by atoms with van der Waals surface area (Å²) in [7, 11) is 1.32. The first-order valence-electron chi connectivity index (χ1n) is 9.01. The lowest BCUT2D eigenvalue weighted by Gasteiger charge is -2.18. The first kappa shape index (κ1) is 20.7. The summed E-state index contributed by atoms with van der Waals surface area (Å²) in [4.78, 5) is 24.8. The van der Waals surface area contributed by atoms with E-state index in [-0.39, 0.29) is 12.1 Å². The summed E-state index contributed by atoms with van der Waals surface area (Å²) in [6.45, 7) is 3.77. The molecule has 8 heteroatoms. The molecule has 1 unspecified atom stereocenters. The van der Waals surface area contributed by atoms with Crippen LogP contribution in [0.2, 0.25) is 0 Å². The number of carbonyl (C=O) groups is 2. The lowest BCUT2D eigenvalue weighted by atomic mass is 10.0. The minimum Gasteiger partial charge on any atom is -0.469 e.